The van der Waals surface area contributed by atoms with Gasteiger partial charge in [0.05, 0.1) is 0 Å². The highest BCUT2D eigenvalue weighted by atomic mass is 35.5. The van der Waals surface area contributed by atoms with Gasteiger partial charge in [-0.3, -0.25) is 0 Å². The van der Waals surface area contributed by atoms with Crippen molar-refractivity contribution < 1.29 is 22.6 Å². The fourth-order valence-electron chi connectivity index (χ4n) is 3.26. The molecule has 0 amide bonds. The third-order valence-electron chi connectivity index (χ3n) is 4.55. The topological polar surface area (TPSA) is 30.5 Å². The predicted octanol–water partition coefficient (Wildman–Crippen LogP) is 6.22. The summed E-state index contributed by atoms with van der Waals surface area (Å²) in [5.74, 6) is 0.450. The van der Waals surface area contributed by atoms with Crippen molar-refractivity contribution in [3.63, 3.8) is 0 Å². The van der Waals surface area contributed by atoms with Gasteiger partial charge in [-0.25, -0.2) is 0 Å². The second-order valence-corrected chi connectivity index (χ2v) is 6.53. The molecule has 3 aromatic rings. The zero-order valence-corrected chi connectivity index (χ0v) is 16.1. The molecular formula is C22H19ClF3NO2. The zero-order chi connectivity index (χ0) is 19.6. The Morgan fingerprint density at radius 1 is 0.931 bits per heavy atom. The number of benzene rings is 3. The maximum absolute atomic E-state index is 12.9. The van der Waals surface area contributed by atoms with Gasteiger partial charge in [0, 0.05) is 17.8 Å². The van der Waals surface area contributed by atoms with Gasteiger partial charge in [0.2, 0.25) is 0 Å². The van der Waals surface area contributed by atoms with Crippen LogP contribution in [0, 0.1) is 0 Å². The summed E-state index contributed by atoms with van der Waals surface area (Å²) >= 11 is 0. The van der Waals surface area contributed by atoms with Crippen molar-refractivity contribution in [1.82, 2.24) is 0 Å². The van der Waals surface area contributed by atoms with E-state index in [-0.39, 0.29) is 24.8 Å². The van der Waals surface area contributed by atoms with E-state index in [1.807, 2.05) is 24.3 Å². The van der Waals surface area contributed by atoms with Crippen molar-refractivity contribution in [1.29, 1.82) is 0 Å². The number of anilines is 1. The number of halogens is 4. The monoisotopic (exact) mass is 421 g/mol. The van der Waals surface area contributed by atoms with E-state index in [1.54, 1.807) is 36.4 Å². The molecule has 0 radical (unpaired) electrons. The number of hydrogen-bond donors (Lipinski definition) is 1. The van der Waals surface area contributed by atoms with Crippen LogP contribution in [0.4, 0.5) is 18.9 Å². The second kappa shape index (κ2) is 8.66. The van der Waals surface area contributed by atoms with E-state index in [0.29, 0.717) is 22.4 Å². The number of alkyl halides is 3. The Bertz CT molecular complexity index is 978. The molecule has 3 aromatic carbocycles. The van der Waals surface area contributed by atoms with Gasteiger partial charge in [0.25, 0.3) is 0 Å². The van der Waals surface area contributed by atoms with Gasteiger partial charge < -0.3 is 14.8 Å². The van der Waals surface area contributed by atoms with Crippen LogP contribution in [0.25, 0.3) is 11.1 Å². The van der Waals surface area contributed by atoms with Crippen molar-refractivity contribution in [2.24, 2.45) is 0 Å². The van der Waals surface area contributed by atoms with Crippen LogP contribution in [0.2, 0.25) is 0 Å². The standard InChI is InChI=1S/C22H18F3NO2.ClH/c23-22(24,25)28-21-12-15(6-8-19(21)16-4-2-1-3-5-16)14-27-18-7-9-20-17(13-18)10-11-26-20;/h1-9,12-13,26H,10-11,14H2;1H. The molecule has 0 saturated heterocycles. The van der Waals surface area contributed by atoms with Gasteiger partial charge in [-0.15, -0.1) is 25.6 Å². The minimum atomic E-state index is -4.77. The van der Waals surface area contributed by atoms with Crippen LogP contribution in [0.1, 0.15) is 11.1 Å². The lowest BCUT2D eigenvalue weighted by molar-refractivity contribution is -0.274. The Morgan fingerprint density at radius 3 is 2.48 bits per heavy atom. The molecule has 0 bridgehead atoms. The van der Waals surface area contributed by atoms with Crippen LogP contribution < -0.4 is 14.8 Å². The molecule has 0 spiro atoms. The Hall–Kier alpha value is -2.86. The van der Waals surface area contributed by atoms with Crippen molar-refractivity contribution in [2.75, 3.05) is 11.9 Å². The van der Waals surface area contributed by atoms with Gasteiger partial charge in [-0.2, -0.15) is 0 Å². The molecule has 3 nitrogen and oxygen atoms in total. The summed E-state index contributed by atoms with van der Waals surface area (Å²) in [6, 6.07) is 19.4. The van der Waals surface area contributed by atoms with E-state index in [1.165, 1.54) is 11.6 Å². The highest BCUT2D eigenvalue weighted by Crippen LogP contribution is 2.35. The fourth-order valence-corrected chi connectivity index (χ4v) is 3.26. The fraction of sp³-hybridized carbons (Fsp3) is 0.182. The maximum atomic E-state index is 12.9. The first-order chi connectivity index (χ1) is 13.5. The number of ether oxygens (including phenoxy) is 2. The Balaban J connectivity index is 0.00000240. The summed E-state index contributed by atoms with van der Waals surface area (Å²) in [5, 5.41) is 3.27. The molecule has 0 fully saturated rings. The lowest BCUT2D eigenvalue weighted by Gasteiger charge is -2.15. The first-order valence-corrected chi connectivity index (χ1v) is 8.92. The molecular weight excluding hydrogens is 403 g/mol. The van der Waals surface area contributed by atoms with Crippen molar-refractivity contribution in [3.05, 3.63) is 77.9 Å². The minimum absolute atomic E-state index is 0. The van der Waals surface area contributed by atoms with Crippen LogP contribution in [-0.4, -0.2) is 12.9 Å². The average Bonchev–Trinajstić information content (AvgIpc) is 3.14. The Morgan fingerprint density at radius 2 is 1.72 bits per heavy atom. The van der Waals surface area contributed by atoms with Crippen LogP contribution in [0.3, 0.4) is 0 Å². The SMILES string of the molecule is Cl.FC(F)(F)Oc1cc(COc2ccc3c(c2)CCN3)ccc1-c1ccccc1. The second-order valence-electron chi connectivity index (χ2n) is 6.53. The van der Waals surface area contributed by atoms with Crippen molar-refractivity contribution >= 4 is 18.1 Å². The van der Waals surface area contributed by atoms with Crippen molar-refractivity contribution in [2.45, 2.75) is 19.4 Å². The summed E-state index contributed by atoms with van der Waals surface area (Å²) in [6.07, 6.45) is -3.84. The van der Waals surface area contributed by atoms with E-state index in [2.05, 4.69) is 10.1 Å². The summed E-state index contributed by atoms with van der Waals surface area (Å²) in [7, 11) is 0. The summed E-state index contributed by atoms with van der Waals surface area (Å²) in [5.41, 5.74) is 3.90. The molecule has 1 heterocycles. The first kappa shape index (κ1) is 20.9. The zero-order valence-electron chi connectivity index (χ0n) is 15.3. The largest absolute Gasteiger partial charge is 0.573 e. The number of rotatable bonds is 5. The highest BCUT2D eigenvalue weighted by Gasteiger charge is 2.32. The van der Waals surface area contributed by atoms with E-state index in [4.69, 9.17) is 4.74 Å². The van der Waals surface area contributed by atoms with Gasteiger partial charge in [0.1, 0.15) is 18.1 Å². The molecule has 1 aliphatic heterocycles. The van der Waals surface area contributed by atoms with Gasteiger partial charge in [0.15, 0.2) is 0 Å². The van der Waals surface area contributed by atoms with Crippen LogP contribution in [-0.2, 0) is 13.0 Å². The molecule has 0 saturated carbocycles. The minimum Gasteiger partial charge on any atom is -0.489 e. The lowest BCUT2D eigenvalue weighted by Crippen LogP contribution is -2.18. The molecule has 1 aliphatic rings. The van der Waals surface area contributed by atoms with Crippen LogP contribution in [0.5, 0.6) is 11.5 Å². The van der Waals surface area contributed by atoms with Crippen LogP contribution >= 0.6 is 12.4 Å². The number of fused-ring (bicyclic) bond motifs is 1. The van der Waals surface area contributed by atoms with E-state index < -0.39 is 6.36 Å². The maximum Gasteiger partial charge on any atom is 0.573 e. The summed E-state index contributed by atoms with van der Waals surface area (Å²) in [6.45, 7) is 1.05. The third kappa shape index (κ3) is 5.15. The van der Waals surface area contributed by atoms with Gasteiger partial charge >= 0.3 is 6.36 Å². The first-order valence-electron chi connectivity index (χ1n) is 8.92. The third-order valence-corrected chi connectivity index (χ3v) is 4.55. The molecule has 0 aromatic heterocycles. The quantitative estimate of drug-likeness (QED) is 0.530. The molecule has 29 heavy (non-hydrogen) atoms. The molecule has 0 atom stereocenters. The molecule has 4 rings (SSSR count). The summed E-state index contributed by atoms with van der Waals surface area (Å²) < 4.78 is 48.7. The molecule has 0 aliphatic carbocycles. The Labute approximate surface area is 172 Å². The summed E-state index contributed by atoms with van der Waals surface area (Å²) in [4.78, 5) is 0. The lowest BCUT2D eigenvalue weighted by atomic mass is 10.0. The normalized spacial score (nSPS) is 12.5. The van der Waals surface area contributed by atoms with Crippen LogP contribution in [0.15, 0.2) is 66.7 Å². The highest BCUT2D eigenvalue weighted by molar-refractivity contribution is 5.85. The van der Waals surface area contributed by atoms with Crippen molar-refractivity contribution in [3.8, 4) is 22.6 Å². The average molecular weight is 422 g/mol. The molecule has 152 valence electrons. The number of nitrogens with one attached hydrogen (secondary N) is 1. The van der Waals surface area contributed by atoms with E-state index >= 15 is 0 Å². The van der Waals surface area contributed by atoms with Gasteiger partial charge in [-0.05, 0) is 47.4 Å². The smallest absolute Gasteiger partial charge is 0.489 e. The molecule has 1 N–H and O–H groups in total. The van der Waals surface area contributed by atoms with Gasteiger partial charge in [-0.1, -0.05) is 42.5 Å². The number of hydrogen-bond acceptors (Lipinski definition) is 3. The molecule has 0 unspecified atom stereocenters. The Kier molecular flexibility index (Phi) is 6.23. The molecule has 7 heteroatoms. The van der Waals surface area contributed by atoms with E-state index in [0.717, 1.165) is 18.7 Å². The van der Waals surface area contributed by atoms with E-state index in [9.17, 15) is 13.2 Å². The predicted molar refractivity (Wildman–Crippen MR) is 109 cm³/mol.